The highest BCUT2D eigenvalue weighted by Crippen LogP contribution is 2.21. The van der Waals surface area contributed by atoms with Crippen molar-refractivity contribution >= 4 is 11.6 Å². The summed E-state index contributed by atoms with van der Waals surface area (Å²) in [5.74, 6) is 0.248. The van der Waals surface area contributed by atoms with Crippen LogP contribution in [0, 0.1) is 5.92 Å². The molecule has 4 heteroatoms. The van der Waals surface area contributed by atoms with Crippen molar-refractivity contribution in [3.63, 3.8) is 0 Å². The van der Waals surface area contributed by atoms with Crippen molar-refractivity contribution in [1.29, 1.82) is 0 Å². The molecule has 0 bridgehead atoms. The van der Waals surface area contributed by atoms with Gasteiger partial charge in [0.25, 0.3) is 0 Å². The molecule has 3 rings (SSSR count). The minimum absolute atomic E-state index is 0.0950. The molecule has 1 amide bonds. The Morgan fingerprint density at radius 3 is 2.82 bits per heavy atom. The predicted molar refractivity (Wildman–Crippen MR) is 87.8 cm³/mol. The second-order valence-corrected chi connectivity index (χ2v) is 6.44. The number of para-hydroxylation sites is 1. The Hall–Kier alpha value is -1.39. The Kier molecular flexibility index (Phi) is 5.46. The van der Waals surface area contributed by atoms with Crippen molar-refractivity contribution in [2.45, 2.75) is 38.2 Å². The van der Waals surface area contributed by atoms with Crippen LogP contribution in [0.4, 0.5) is 5.69 Å². The Balaban J connectivity index is 1.50. The van der Waals surface area contributed by atoms with E-state index in [9.17, 15) is 4.79 Å². The number of anilines is 1. The summed E-state index contributed by atoms with van der Waals surface area (Å²) in [5, 5.41) is 3.04. The van der Waals surface area contributed by atoms with Gasteiger partial charge in [0.05, 0.1) is 12.0 Å². The van der Waals surface area contributed by atoms with Crippen LogP contribution in [0.3, 0.4) is 0 Å². The third-order valence-electron chi connectivity index (χ3n) is 4.65. The fourth-order valence-electron chi connectivity index (χ4n) is 3.44. The van der Waals surface area contributed by atoms with Crippen LogP contribution in [-0.4, -0.2) is 43.2 Å². The van der Waals surface area contributed by atoms with E-state index in [0.717, 1.165) is 51.2 Å². The molecule has 120 valence electrons. The summed E-state index contributed by atoms with van der Waals surface area (Å²) >= 11 is 0. The van der Waals surface area contributed by atoms with E-state index in [1.165, 1.54) is 12.8 Å². The number of likely N-dealkylation sites (tertiary alicyclic amines) is 1. The lowest BCUT2D eigenvalue weighted by molar-refractivity contribution is -0.122. The van der Waals surface area contributed by atoms with Crippen molar-refractivity contribution in [1.82, 2.24) is 4.90 Å². The molecule has 2 heterocycles. The molecule has 0 aromatic heterocycles. The van der Waals surface area contributed by atoms with E-state index >= 15 is 0 Å². The number of nitrogens with zero attached hydrogens (tertiary/aromatic N) is 1. The maximum absolute atomic E-state index is 12.4. The van der Waals surface area contributed by atoms with Crippen molar-refractivity contribution < 1.29 is 9.53 Å². The third-order valence-corrected chi connectivity index (χ3v) is 4.65. The first kappa shape index (κ1) is 15.5. The number of nitrogens with one attached hydrogen (secondary N) is 1. The molecule has 0 saturated carbocycles. The highest BCUT2D eigenvalue weighted by atomic mass is 16.5. The Labute approximate surface area is 132 Å². The van der Waals surface area contributed by atoms with E-state index in [1.807, 2.05) is 30.3 Å². The SMILES string of the molecule is O=C(Nc1ccccc1)[C@@H]1CCCN(C[C@@H]2CCCCO2)C1. The van der Waals surface area contributed by atoms with E-state index in [2.05, 4.69) is 10.2 Å². The van der Waals surface area contributed by atoms with Crippen molar-refractivity contribution in [3.8, 4) is 0 Å². The molecule has 2 aliphatic heterocycles. The molecular weight excluding hydrogens is 276 g/mol. The normalized spacial score (nSPS) is 26.5. The van der Waals surface area contributed by atoms with Gasteiger partial charge in [-0.15, -0.1) is 0 Å². The molecule has 1 N–H and O–H groups in total. The number of benzene rings is 1. The summed E-state index contributed by atoms with van der Waals surface area (Å²) in [6, 6.07) is 9.73. The molecule has 2 aliphatic rings. The van der Waals surface area contributed by atoms with Crippen LogP contribution in [0.1, 0.15) is 32.1 Å². The summed E-state index contributed by atoms with van der Waals surface area (Å²) in [6.07, 6.45) is 6.08. The average molecular weight is 302 g/mol. The number of hydrogen-bond acceptors (Lipinski definition) is 3. The number of carbonyl (C=O) groups is 1. The van der Waals surface area contributed by atoms with Gasteiger partial charge in [0.1, 0.15) is 0 Å². The van der Waals surface area contributed by atoms with Crippen LogP contribution in [0.15, 0.2) is 30.3 Å². The number of piperidine rings is 1. The maximum atomic E-state index is 12.4. The Morgan fingerprint density at radius 1 is 1.18 bits per heavy atom. The topological polar surface area (TPSA) is 41.6 Å². The van der Waals surface area contributed by atoms with Crippen molar-refractivity contribution in [2.24, 2.45) is 5.92 Å². The summed E-state index contributed by atoms with van der Waals surface area (Å²) < 4.78 is 5.83. The van der Waals surface area contributed by atoms with Crippen LogP contribution in [0.2, 0.25) is 0 Å². The van der Waals surface area contributed by atoms with Gasteiger partial charge in [-0.3, -0.25) is 9.69 Å². The standard InChI is InChI=1S/C18H26N2O2/c21-18(19-16-8-2-1-3-9-16)15-7-6-11-20(13-15)14-17-10-4-5-12-22-17/h1-3,8-9,15,17H,4-7,10-14H2,(H,19,21)/t15-,17+/m1/s1. The molecule has 0 spiro atoms. The highest BCUT2D eigenvalue weighted by molar-refractivity contribution is 5.92. The van der Waals surface area contributed by atoms with Crippen molar-refractivity contribution in [2.75, 3.05) is 31.6 Å². The van der Waals surface area contributed by atoms with Gasteiger partial charge in [-0.05, 0) is 50.8 Å². The van der Waals surface area contributed by atoms with E-state index in [-0.39, 0.29) is 11.8 Å². The first-order valence-electron chi connectivity index (χ1n) is 8.51. The van der Waals surface area contributed by atoms with Gasteiger partial charge >= 0.3 is 0 Å². The Morgan fingerprint density at radius 2 is 2.05 bits per heavy atom. The van der Waals surface area contributed by atoms with Crippen LogP contribution in [-0.2, 0) is 9.53 Å². The molecule has 1 aromatic rings. The number of hydrogen-bond donors (Lipinski definition) is 1. The summed E-state index contributed by atoms with van der Waals surface area (Å²) in [7, 11) is 0. The van der Waals surface area contributed by atoms with Gasteiger partial charge < -0.3 is 10.1 Å². The summed E-state index contributed by atoms with van der Waals surface area (Å²) in [6.45, 7) is 3.83. The molecule has 0 unspecified atom stereocenters. The second-order valence-electron chi connectivity index (χ2n) is 6.44. The van der Waals surface area contributed by atoms with E-state index in [0.29, 0.717) is 6.10 Å². The number of ether oxygens (including phenoxy) is 1. The zero-order chi connectivity index (χ0) is 15.2. The molecule has 2 atom stereocenters. The van der Waals surface area contributed by atoms with Crippen LogP contribution < -0.4 is 5.32 Å². The zero-order valence-electron chi connectivity index (χ0n) is 13.2. The lowest BCUT2D eigenvalue weighted by Gasteiger charge is -2.35. The lowest BCUT2D eigenvalue weighted by Crippen LogP contribution is -2.44. The monoisotopic (exact) mass is 302 g/mol. The molecule has 4 nitrogen and oxygen atoms in total. The van der Waals surface area contributed by atoms with Crippen LogP contribution in [0.25, 0.3) is 0 Å². The largest absolute Gasteiger partial charge is 0.377 e. The van der Waals surface area contributed by atoms with Gasteiger partial charge in [-0.25, -0.2) is 0 Å². The van der Waals surface area contributed by atoms with Crippen LogP contribution >= 0.6 is 0 Å². The van der Waals surface area contributed by atoms with Gasteiger partial charge in [0.2, 0.25) is 5.91 Å². The van der Waals surface area contributed by atoms with Gasteiger partial charge in [-0.2, -0.15) is 0 Å². The molecule has 22 heavy (non-hydrogen) atoms. The second kappa shape index (κ2) is 7.75. The zero-order valence-corrected chi connectivity index (χ0v) is 13.2. The molecule has 0 radical (unpaired) electrons. The molecule has 2 fully saturated rings. The quantitative estimate of drug-likeness (QED) is 0.930. The lowest BCUT2D eigenvalue weighted by atomic mass is 9.96. The van der Waals surface area contributed by atoms with E-state index in [4.69, 9.17) is 4.74 Å². The molecule has 2 saturated heterocycles. The predicted octanol–water partition coefficient (Wildman–Crippen LogP) is 2.91. The van der Waals surface area contributed by atoms with Gasteiger partial charge in [0.15, 0.2) is 0 Å². The number of amides is 1. The summed E-state index contributed by atoms with van der Waals surface area (Å²) in [4.78, 5) is 14.8. The average Bonchev–Trinajstić information content (AvgIpc) is 2.57. The van der Waals surface area contributed by atoms with Gasteiger partial charge in [0, 0.05) is 25.4 Å². The van der Waals surface area contributed by atoms with Gasteiger partial charge in [-0.1, -0.05) is 18.2 Å². The first-order valence-corrected chi connectivity index (χ1v) is 8.51. The minimum atomic E-state index is 0.0950. The van der Waals surface area contributed by atoms with E-state index in [1.54, 1.807) is 0 Å². The number of rotatable bonds is 4. The minimum Gasteiger partial charge on any atom is -0.377 e. The van der Waals surface area contributed by atoms with Crippen LogP contribution in [0.5, 0.6) is 0 Å². The molecular formula is C18H26N2O2. The summed E-state index contributed by atoms with van der Waals surface area (Å²) in [5.41, 5.74) is 0.889. The fourth-order valence-corrected chi connectivity index (χ4v) is 3.44. The molecule has 1 aromatic carbocycles. The fraction of sp³-hybridized carbons (Fsp3) is 0.611. The molecule has 0 aliphatic carbocycles. The smallest absolute Gasteiger partial charge is 0.228 e. The number of carbonyl (C=O) groups excluding carboxylic acids is 1. The maximum Gasteiger partial charge on any atom is 0.228 e. The van der Waals surface area contributed by atoms with E-state index < -0.39 is 0 Å². The van der Waals surface area contributed by atoms with Crippen molar-refractivity contribution in [3.05, 3.63) is 30.3 Å². The third kappa shape index (κ3) is 4.31. The first-order chi connectivity index (χ1) is 10.8. The Bertz CT molecular complexity index is 471. The highest BCUT2D eigenvalue weighted by Gasteiger charge is 2.27.